The van der Waals surface area contributed by atoms with Crippen LogP contribution in [0.25, 0.3) is 0 Å². The Labute approximate surface area is 122 Å². The SMILES string of the molecule is CC(O)(CNC(=O)Nc1cc(Br)ccc1Cl)C(=O)O. The second-order valence-electron chi connectivity index (χ2n) is 4.01. The highest BCUT2D eigenvalue weighted by molar-refractivity contribution is 9.10. The van der Waals surface area contributed by atoms with Gasteiger partial charge in [0.1, 0.15) is 0 Å². The number of hydrogen-bond donors (Lipinski definition) is 4. The van der Waals surface area contributed by atoms with Crippen LogP contribution in [-0.4, -0.2) is 34.4 Å². The number of rotatable bonds is 4. The summed E-state index contributed by atoms with van der Waals surface area (Å²) in [4.78, 5) is 22.2. The summed E-state index contributed by atoms with van der Waals surface area (Å²) in [6, 6.07) is 4.23. The molecule has 1 aromatic carbocycles. The van der Waals surface area contributed by atoms with E-state index in [0.717, 1.165) is 11.4 Å². The Kier molecular flexibility index (Phi) is 5.16. The van der Waals surface area contributed by atoms with E-state index in [-0.39, 0.29) is 0 Å². The van der Waals surface area contributed by atoms with E-state index in [1.807, 2.05) is 0 Å². The van der Waals surface area contributed by atoms with Crippen LogP contribution in [0.5, 0.6) is 0 Å². The van der Waals surface area contributed by atoms with Gasteiger partial charge in [0.15, 0.2) is 5.60 Å². The molecule has 0 spiro atoms. The molecule has 0 saturated carbocycles. The van der Waals surface area contributed by atoms with Crippen LogP contribution >= 0.6 is 27.5 Å². The number of benzene rings is 1. The number of carboxylic acids is 1. The molecule has 0 saturated heterocycles. The van der Waals surface area contributed by atoms with Gasteiger partial charge in [-0.2, -0.15) is 0 Å². The molecule has 1 aromatic rings. The van der Waals surface area contributed by atoms with Crippen molar-refractivity contribution in [3.63, 3.8) is 0 Å². The van der Waals surface area contributed by atoms with Gasteiger partial charge in [0.25, 0.3) is 0 Å². The number of aliphatic carboxylic acids is 1. The first kappa shape index (κ1) is 15.7. The van der Waals surface area contributed by atoms with Crippen molar-refractivity contribution in [1.29, 1.82) is 0 Å². The molecule has 104 valence electrons. The van der Waals surface area contributed by atoms with Gasteiger partial charge >= 0.3 is 12.0 Å². The lowest BCUT2D eigenvalue weighted by atomic mass is 10.1. The summed E-state index contributed by atoms with van der Waals surface area (Å²) in [6.45, 7) is 0.654. The van der Waals surface area contributed by atoms with Crippen LogP contribution in [0.1, 0.15) is 6.92 Å². The molecular weight excluding hydrogens is 339 g/mol. The summed E-state index contributed by atoms with van der Waals surface area (Å²) in [5.74, 6) is -1.42. The van der Waals surface area contributed by atoms with Crippen molar-refractivity contribution in [2.75, 3.05) is 11.9 Å². The average molecular weight is 352 g/mol. The van der Waals surface area contributed by atoms with Crippen molar-refractivity contribution >= 4 is 45.2 Å². The summed E-state index contributed by atoms with van der Waals surface area (Å²) in [6.07, 6.45) is 0. The zero-order valence-corrected chi connectivity index (χ0v) is 12.2. The minimum atomic E-state index is -2.03. The predicted molar refractivity (Wildman–Crippen MR) is 74.4 cm³/mol. The van der Waals surface area contributed by atoms with Gasteiger partial charge in [-0.3, -0.25) is 0 Å². The first-order valence-electron chi connectivity index (χ1n) is 5.18. The third-order valence-corrected chi connectivity index (χ3v) is 3.05. The molecule has 1 atom stereocenters. The lowest BCUT2D eigenvalue weighted by molar-refractivity contribution is -0.155. The van der Waals surface area contributed by atoms with E-state index in [0.29, 0.717) is 10.7 Å². The van der Waals surface area contributed by atoms with Gasteiger partial charge in [-0.15, -0.1) is 0 Å². The molecule has 0 bridgehead atoms. The number of aliphatic hydroxyl groups is 1. The maximum atomic E-state index is 11.5. The van der Waals surface area contributed by atoms with Gasteiger partial charge in [0.2, 0.25) is 0 Å². The summed E-state index contributed by atoms with van der Waals surface area (Å²) in [5, 5.41) is 23.1. The van der Waals surface area contributed by atoms with Crippen molar-refractivity contribution in [3.05, 3.63) is 27.7 Å². The van der Waals surface area contributed by atoms with E-state index >= 15 is 0 Å². The number of carbonyl (C=O) groups excluding carboxylic acids is 1. The molecule has 1 unspecified atom stereocenters. The number of amides is 2. The number of carboxylic acid groups (broad SMARTS) is 1. The molecule has 0 aliphatic heterocycles. The van der Waals surface area contributed by atoms with Gasteiger partial charge in [-0.1, -0.05) is 27.5 Å². The molecular formula is C11H12BrClN2O4. The summed E-state index contributed by atoms with van der Waals surface area (Å²) in [5.41, 5.74) is -1.66. The molecule has 0 fully saturated rings. The molecule has 6 nitrogen and oxygen atoms in total. The molecule has 4 N–H and O–H groups in total. The topological polar surface area (TPSA) is 98.7 Å². The third-order valence-electron chi connectivity index (χ3n) is 2.23. The van der Waals surface area contributed by atoms with Crippen molar-refractivity contribution in [3.8, 4) is 0 Å². The average Bonchev–Trinajstić information content (AvgIpc) is 2.31. The number of anilines is 1. The quantitative estimate of drug-likeness (QED) is 0.667. The standard InChI is InChI=1S/C11H12BrClN2O4/c1-11(19,9(16)17)5-14-10(18)15-8-4-6(12)2-3-7(8)13/h2-4,19H,5H2,1H3,(H,16,17)(H2,14,15,18). The predicted octanol–water partition coefficient (Wildman–Crippen LogP) is 2.06. The molecule has 0 aliphatic rings. The molecule has 1 rings (SSSR count). The first-order chi connectivity index (χ1) is 8.72. The molecule has 0 radical (unpaired) electrons. The Balaban J connectivity index is 2.61. The number of urea groups is 1. The van der Waals surface area contributed by atoms with E-state index in [1.165, 1.54) is 0 Å². The monoisotopic (exact) mass is 350 g/mol. The fourth-order valence-electron chi connectivity index (χ4n) is 1.09. The summed E-state index contributed by atoms with van der Waals surface area (Å²) in [7, 11) is 0. The van der Waals surface area contributed by atoms with Crippen LogP contribution in [-0.2, 0) is 4.79 Å². The molecule has 0 aliphatic carbocycles. The molecule has 2 amide bonds. The van der Waals surface area contributed by atoms with E-state index < -0.39 is 24.1 Å². The smallest absolute Gasteiger partial charge is 0.337 e. The van der Waals surface area contributed by atoms with E-state index in [9.17, 15) is 14.7 Å². The Bertz CT molecular complexity index is 507. The van der Waals surface area contributed by atoms with E-state index in [4.69, 9.17) is 16.7 Å². The number of carbonyl (C=O) groups is 2. The minimum absolute atomic E-state index is 0.336. The zero-order valence-electron chi connectivity index (χ0n) is 9.91. The molecule has 0 heterocycles. The largest absolute Gasteiger partial charge is 0.479 e. The zero-order chi connectivity index (χ0) is 14.6. The molecule has 0 aromatic heterocycles. The van der Waals surface area contributed by atoms with Crippen LogP contribution in [0, 0.1) is 0 Å². The van der Waals surface area contributed by atoms with Gasteiger partial charge in [-0.05, 0) is 25.1 Å². The fraction of sp³-hybridized carbons (Fsp3) is 0.273. The Morgan fingerprint density at radius 3 is 2.68 bits per heavy atom. The Morgan fingerprint density at radius 1 is 1.47 bits per heavy atom. The second-order valence-corrected chi connectivity index (χ2v) is 5.33. The van der Waals surface area contributed by atoms with Crippen molar-refractivity contribution in [1.82, 2.24) is 5.32 Å². The number of nitrogens with one attached hydrogen (secondary N) is 2. The maximum absolute atomic E-state index is 11.5. The second kappa shape index (κ2) is 6.23. The number of halogens is 2. The van der Waals surface area contributed by atoms with Crippen LogP contribution in [0.2, 0.25) is 5.02 Å². The van der Waals surface area contributed by atoms with Crippen LogP contribution in [0.4, 0.5) is 10.5 Å². The minimum Gasteiger partial charge on any atom is -0.479 e. The fourth-order valence-corrected chi connectivity index (χ4v) is 1.61. The number of hydrogen-bond acceptors (Lipinski definition) is 3. The van der Waals surface area contributed by atoms with Crippen LogP contribution in [0.15, 0.2) is 22.7 Å². The van der Waals surface area contributed by atoms with Gasteiger partial charge in [0, 0.05) is 4.47 Å². The molecule has 19 heavy (non-hydrogen) atoms. The first-order valence-corrected chi connectivity index (χ1v) is 6.35. The Hall–Kier alpha value is -1.31. The van der Waals surface area contributed by atoms with Gasteiger partial charge in [0.05, 0.1) is 17.3 Å². The van der Waals surface area contributed by atoms with Crippen molar-refractivity contribution in [2.24, 2.45) is 0 Å². The Morgan fingerprint density at radius 2 is 2.11 bits per heavy atom. The summed E-state index contributed by atoms with van der Waals surface area (Å²) >= 11 is 9.10. The molecule has 8 heteroatoms. The van der Waals surface area contributed by atoms with E-state index in [2.05, 4.69) is 26.6 Å². The van der Waals surface area contributed by atoms with Crippen LogP contribution < -0.4 is 10.6 Å². The highest BCUT2D eigenvalue weighted by Gasteiger charge is 2.30. The van der Waals surface area contributed by atoms with Crippen molar-refractivity contribution < 1.29 is 19.8 Å². The normalized spacial score (nSPS) is 13.5. The highest BCUT2D eigenvalue weighted by atomic mass is 79.9. The van der Waals surface area contributed by atoms with Gasteiger partial charge < -0.3 is 20.8 Å². The highest BCUT2D eigenvalue weighted by Crippen LogP contribution is 2.25. The van der Waals surface area contributed by atoms with Crippen molar-refractivity contribution in [2.45, 2.75) is 12.5 Å². The van der Waals surface area contributed by atoms with E-state index in [1.54, 1.807) is 18.2 Å². The maximum Gasteiger partial charge on any atom is 0.337 e. The lowest BCUT2D eigenvalue weighted by Crippen LogP contribution is -2.47. The van der Waals surface area contributed by atoms with Crippen LogP contribution in [0.3, 0.4) is 0 Å². The summed E-state index contributed by atoms with van der Waals surface area (Å²) < 4.78 is 0.727. The lowest BCUT2D eigenvalue weighted by Gasteiger charge is -2.18. The van der Waals surface area contributed by atoms with Gasteiger partial charge in [-0.25, -0.2) is 9.59 Å². The third kappa shape index (κ3) is 4.70.